The molecule has 1 N–H and O–H groups in total. The summed E-state index contributed by atoms with van der Waals surface area (Å²) in [7, 11) is -3.48. The van der Waals surface area contributed by atoms with Crippen LogP contribution in [-0.4, -0.2) is 27.7 Å². The fourth-order valence-corrected chi connectivity index (χ4v) is 3.73. The molecule has 1 heterocycles. The number of hydrogen-bond acceptors (Lipinski definition) is 3. The molecule has 0 amide bonds. The van der Waals surface area contributed by atoms with E-state index in [1.165, 1.54) is 5.56 Å². The lowest BCUT2D eigenvalue weighted by Crippen LogP contribution is -2.31. The number of nitrogens with one attached hydrogen (secondary N) is 1. The maximum Gasteiger partial charge on any atom is 0.240 e. The van der Waals surface area contributed by atoms with Crippen LogP contribution in [0, 0.1) is 6.92 Å². The number of rotatable bonds is 5. The molecule has 0 aromatic heterocycles. The van der Waals surface area contributed by atoms with Crippen LogP contribution >= 0.6 is 0 Å². The van der Waals surface area contributed by atoms with Gasteiger partial charge in [-0.1, -0.05) is 42.0 Å². The van der Waals surface area contributed by atoms with Gasteiger partial charge in [0.25, 0.3) is 0 Å². The molecule has 0 radical (unpaired) electrons. The summed E-state index contributed by atoms with van der Waals surface area (Å²) >= 11 is 0. The van der Waals surface area contributed by atoms with Gasteiger partial charge in [-0.3, -0.25) is 0 Å². The molecule has 2 aromatic carbocycles. The lowest BCUT2D eigenvalue weighted by atomic mass is 10.0. The number of aryl methyl sites for hydroxylation is 1. The van der Waals surface area contributed by atoms with Crippen LogP contribution in [0.1, 0.15) is 18.4 Å². The van der Waals surface area contributed by atoms with Crippen molar-refractivity contribution >= 4 is 10.0 Å². The second-order valence-corrected chi connectivity index (χ2v) is 7.64. The molecule has 1 saturated heterocycles. The minimum absolute atomic E-state index is 0.00314. The van der Waals surface area contributed by atoms with Gasteiger partial charge in [0, 0.05) is 13.2 Å². The molecule has 1 atom stereocenters. The summed E-state index contributed by atoms with van der Waals surface area (Å²) in [6.07, 6.45) is 1.91. The van der Waals surface area contributed by atoms with Gasteiger partial charge in [0.2, 0.25) is 10.0 Å². The summed E-state index contributed by atoms with van der Waals surface area (Å²) in [6, 6.07) is 15.1. The SMILES string of the molecule is Cc1ccc(-c2ccc(S(=O)(=O)NC[C@@H]3CCCO3)cc2)cc1. The van der Waals surface area contributed by atoms with Crippen LogP contribution in [0.3, 0.4) is 0 Å². The lowest BCUT2D eigenvalue weighted by Gasteiger charge is -2.12. The molecule has 0 aliphatic carbocycles. The Bertz CT molecular complexity index is 746. The van der Waals surface area contributed by atoms with E-state index in [1.807, 2.05) is 43.3 Å². The average Bonchev–Trinajstić information content (AvgIpc) is 3.08. The minimum Gasteiger partial charge on any atom is -0.377 e. The Morgan fingerprint density at radius 2 is 1.65 bits per heavy atom. The summed E-state index contributed by atoms with van der Waals surface area (Å²) in [6.45, 7) is 3.10. The van der Waals surface area contributed by atoms with Gasteiger partial charge < -0.3 is 4.74 Å². The van der Waals surface area contributed by atoms with E-state index >= 15 is 0 Å². The van der Waals surface area contributed by atoms with Crippen LogP contribution in [0.25, 0.3) is 11.1 Å². The van der Waals surface area contributed by atoms with Gasteiger partial charge in [0.05, 0.1) is 11.0 Å². The summed E-state index contributed by atoms with van der Waals surface area (Å²) < 4.78 is 32.7. The van der Waals surface area contributed by atoms with E-state index in [4.69, 9.17) is 4.74 Å². The fourth-order valence-electron chi connectivity index (χ4n) is 2.66. The molecule has 2 aromatic rings. The Morgan fingerprint density at radius 3 is 2.22 bits per heavy atom. The molecule has 0 saturated carbocycles. The molecule has 122 valence electrons. The van der Waals surface area contributed by atoms with Gasteiger partial charge in [0.15, 0.2) is 0 Å². The molecule has 0 bridgehead atoms. The Hall–Kier alpha value is -1.69. The maximum absolute atomic E-state index is 12.3. The lowest BCUT2D eigenvalue weighted by molar-refractivity contribution is 0.114. The molecule has 0 unspecified atom stereocenters. The van der Waals surface area contributed by atoms with Crippen molar-refractivity contribution in [3.05, 3.63) is 54.1 Å². The first kappa shape index (κ1) is 16.2. The van der Waals surface area contributed by atoms with Crippen molar-refractivity contribution in [1.82, 2.24) is 4.72 Å². The predicted octanol–water partition coefficient (Wildman–Crippen LogP) is 3.12. The Morgan fingerprint density at radius 1 is 1.04 bits per heavy atom. The van der Waals surface area contributed by atoms with Crippen LogP contribution in [0.2, 0.25) is 0 Å². The highest BCUT2D eigenvalue weighted by molar-refractivity contribution is 7.89. The number of hydrogen-bond donors (Lipinski definition) is 1. The van der Waals surface area contributed by atoms with E-state index in [1.54, 1.807) is 12.1 Å². The third-order valence-corrected chi connectivity index (χ3v) is 5.51. The first-order valence-corrected chi connectivity index (χ1v) is 9.31. The molecule has 5 heteroatoms. The molecule has 23 heavy (non-hydrogen) atoms. The topological polar surface area (TPSA) is 55.4 Å². The summed E-state index contributed by atoms with van der Waals surface area (Å²) in [5.41, 5.74) is 3.28. The quantitative estimate of drug-likeness (QED) is 0.916. The first-order valence-electron chi connectivity index (χ1n) is 7.83. The molecular weight excluding hydrogens is 310 g/mol. The van der Waals surface area contributed by atoms with Gasteiger partial charge in [0.1, 0.15) is 0 Å². The summed E-state index contributed by atoms with van der Waals surface area (Å²) in [5, 5.41) is 0. The second kappa shape index (κ2) is 6.83. The van der Waals surface area contributed by atoms with Crippen molar-refractivity contribution in [2.24, 2.45) is 0 Å². The van der Waals surface area contributed by atoms with Gasteiger partial charge in [-0.05, 0) is 43.0 Å². The van der Waals surface area contributed by atoms with Crippen molar-refractivity contribution in [2.45, 2.75) is 30.8 Å². The molecule has 1 fully saturated rings. The van der Waals surface area contributed by atoms with Crippen LogP contribution in [0.15, 0.2) is 53.4 Å². The molecule has 4 nitrogen and oxygen atoms in total. The zero-order valence-electron chi connectivity index (χ0n) is 13.2. The normalized spacial score (nSPS) is 18.2. The van der Waals surface area contributed by atoms with Gasteiger partial charge >= 0.3 is 0 Å². The van der Waals surface area contributed by atoms with Gasteiger partial charge in [-0.15, -0.1) is 0 Å². The minimum atomic E-state index is -3.48. The van der Waals surface area contributed by atoms with Crippen molar-refractivity contribution < 1.29 is 13.2 Å². The van der Waals surface area contributed by atoms with Crippen molar-refractivity contribution in [1.29, 1.82) is 0 Å². The standard InChI is InChI=1S/C18H21NO3S/c1-14-4-6-15(7-5-14)16-8-10-18(11-9-16)23(20,21)19-13-17-3-2-12-22-17/h4-11,17,19H,2-3,12-13H2,1H3/t17-/m0/s1. The predicted molar refractivity (Wildman–Crippen MR) is 90.8 cm³/mol. The van der Waals surface area contributed by atoms with Gasteiger partial charge in [-0.2, -0.15) is 0 Å². The molecule has 1 aliphatic heterocycles. The number of sulfonamides is 1. The highest BCUT2D eigenvalue weighted by atomic mass is 32.2. The monoisotopic (exact) mass is 331 g/mol. The molecule has 3 rings (SSSR count). The zero-order chi connectivity index (χ0) is 16.3. The highest BCUT2D eigenvalue weighted by Crippen LogP contribution is 2.22. The van der Waals surface area contributed by atoms with E-state index in [0.717, 1.165) is 30.6 Å². The summed E-state index contributed by atoms with van der Waals surface area (Å²) in [4.78, 5) is 0.284. The van der Waals surface area contributed by atoms with E-state index in [0.29, 0.717) is 6.54 Å². The van der Waals surface area contributed by atoms with E-state index in [9.17, 15) is 8.42 Å². The van der Waals surface area contributed by atoms with E-state index in [-0.39, 0.29) is 11.0 Å². The van der Waals surface area contributed by atoms with Crippen molar-refractivity contribution in [2.75, 3.05) is 13.2 Å². The van der Waals surface area contributed by atoms with Crippen molar-refractivity contribution in [3.63, 3.8) is 0 Å². The maximum atomic E-state index is 12.3. The molecule has 1 aliphatic rings. The van der Waals surface area contributed by atoms with Crippen LogP contribution in [0.5, 0.6) is 0 Å². The molecule has 0 spiro atoms. The smallest absolute Gasteiger partial charge is 0.240 e. The third-order valence-electron chi connectivity index (χ3n) is 4.07. The van der Waals surface area contributed by atoms with Gasteiger partial charge in [-0.25, -0.2) is 13.1 Å². The van der Waals surface area contributed by atoms with Crippen molar-refractivity contribution in [3.8, 4) is 11.1 Å². The highest BCUT2D eigenvalue weighted by Gasteiger charge is 2.20. The zero-order valence-corrected chi connectivity index (χ0v) is 14.0. The summed E-state index contributed by atoms with van der Waals surface area (Å²) in [5.74, 6) is 0. The van der Waals surface area contributed by atoms with Crippen LogP contribution in [-0.2, 0) is 14.8 Å². The molecular formula is C18H21NO3S. The first-order chi connectivity index (χ1) is 11.0. The number of ether oxygens (including phenoxy) is 1. The Labute approximate surface area is 137 Å². The van der Waals surface area contributed by atoms with E-state index in [2.05, 4.69) is 4.72 Å². The largest absolute Gasteiger partial charge is 0.377 e. The average molecular weight is 331 g/mol. The fraction of sp³-hybridized carbons (Fsp3) is 0.333. The Balaban J connectivity index is 1.71. The third kappa shape index (κ3) is 3.99. The van der Waals surface area contributed by atoms with Crippen LogP contribution < -0.4 is 4.72 Å². The van der Waals surface area contributed by atoms with E-state index < -0.39 is 10.0 Å². The second-order valence-electron chi connectivity index (χ2n) is 5.88. The van der Waals surface area contributed by atoms with Crippen LogP contribution in [0.4, 0.5) is 0 Å². The number of benzene rings is 2. The Kier molecular flexibility index (Phi) is 4.80.